The Bertz CT molecular complexity index is 80.9. The van der Waals surface area contributed by atoms with Crippen LogP contribution in [0.2, 0.25) is 0 Å². The summed E-state index contributed by atoms with van der Waals surface area (Å²) in [4.78, 5) is 4.11. The van der Waals surface area contributed by atoms with Crippen LogP contribution >= 0.6 is 0 Å². The number of nitrogens with zero attached hydrogens (tertiary/aromatic N) is 1. The zero-order chi connectivity index (χ0) is 8.53. The van der Waals surface area contributed by atoms with E-state index in [0.717, 1.165) is 0 Å². The maximum Gasteiger partial charge on any atom is 0.0492 e. The van der Waals surface area contributed by atoms with Crippen LogP contribution in [0.3, 0.4) is 0 Å². The summed E-state index contributed by atoms with van der Waals surface area (Å²) in [5.74, 6) is 0. The normalized spacial score (nSPS) is 10.5. The van der Waals surface area contributed by atoms with E-state index in [2.05, 4.69) is 25.6 Å². The fourth-order valence-electron chi connectivity index (χ4n) is 1.21. The lowest BCUT2D eigenvalue weighted by Gasteiger charge is -2.09. The zero-order valence-corrected chi connectivity index (χ0v) is 7.97. The van der Waals surface area contributed by atoms with Crippen molar-refractivity contribution in [1.29, 1.82) is 0 Å². The predicted octanol–water partition coefficient (Wildman–Crippen LogP) is 3.44. The lowest BCUT2D eigenvalue weighted by Crippen LogP contribution is -2.02. The van der Waals surface area contributed by atoms with E-state index < -0.39 is 0 Å². The van der Waals surface area contributed by atoms with E-state index in [1.54, 1.807) is 0 Å². The quantitative estimate of drug-likeness (QED) is 0.499. The number of hydrogen-bond acceptors (Lipinski definition) is 1. The van der Waals surface area contributed by atoms with Crippen molar-refractivity contribution in [2.24, 2.45) is 4.99 Å². The highest BCUT2D eigenvalue weighted by molar-refractivity contribution is 5.24. The van der Waals surface area contributed by atoms with Crippen LogP contribution in [0.15, 0.2) is 4.99 Å². The molecule has 0 amide bonds. The van der Waals surface area contributed by atoms with E-state index in [0.29, 0.717) is 6.04 Å². The minimum atomic E-state index is 0.537. The standard InChI is InChI=1S/C10H21N/c1-4-6-8-10(11-3)9-7-5-2/h10H,3-9H2,1-2H3. The Morgan fingerprint density at radius 1 is 1.09 bits per heavy atom. The first kappa shape index (κ1) is 10.7. The number of rotatable bonds is 7. The summed E-state index contributed by atoms with van der Waals surface area (Å²) < 4.78 is 0. The third-order valence-electron chi connectivity index (χ3n) is 2.04. The van der Waals surface area contributed by atoms with E-state index in [-0.39, 0.29) is 0 Å². The Morgan fingerprint density at radius 2 is 1.55 bits per heavy atom. The van der Waals surface area contributed by atoms with Crippen LogP contribution in [0.5, 0.6) is 0 Å². The Hall–Kier alpha value is -0.330. The van der Waals surface area contributed by atoms with Gasteiger partial charge in [-0.1, -0.05) is 39.5 Å². The molecule has 0 aliphatic rings. The lowest BCUT2D eigenvalue weighted by molar-refractivity contribution is 0.524. The van der Waals surface area contributed by atoms with Crippen molar-refractivity contribution in [3.63, 3.8) is 0 Å². The van der Waals surface area contributed by atoms with Gasteiger partial charge >= 0.3 is 0 Å². The Morgan fingerprint density at radius 3 is 1.82 bits per heavy atom. The van der Waals surface area contributed by atoms with Crippen LogP contribution in [-0.2, 0) is 0 Å². The van der Waals surface area contributed by atoms with Crippen molar-refractivity contribution >= 4 is 6.72 Å². The van der Waals surface area contributed by atoms with Gasteiger partial charge in [-0.2, -0.15) is 0 Å². The van der Waals surface area contributed by atoms with Gasteiger partial charge in [-0.05, 0) is 19.6 Å². The second-order valence-electron chi connectivity index (χ2n) is 3.12. The van der Waals surface area contributed by atoms with E-state index in [1.807, 2.05) is 0 Å². The van der Waals surface area contributed by atoms with Crippen molar-refractivity contribution < 1.29 is 0 Å². The molecule has 0 unspecified atom stereocenters. The number of aliphatic imine (C=N–C) groups is 1. The topological polar surface area (TPSA) is 12.4 Å². The molecule has 66 valence electrons. The number of unbranched alkanes of at least 4 members (excludes halogenated alkanes) is 2. The monoisotopic (exact) mass is 155 g/mol. The molecule has 0 saturated heterocycles. The summed E-state index contributed by atoms with van der Waals surface area (Å²) in [5, 5.41) is 0. The molecular formula is C10H21N. The molecule has 0 saturated carbocycles. The van der Waals surface area contributed by atoms with E-state index in [1.165, 1.54) is 38.5 Å². The Balaban J connectivity index is 3.33. The SMILES string of the molecule is C=NC(CCCC)CCCC. The van der Waals surface area contributed by atoms with Crippen molar-refractivity contribution in [2.45, 2.75) is 58.4 Å². The average molecular weight is 155 g/mol. The molecule has 0 N–H and O–H groups in total. The largest absolute Gasteiger partial charge is 0.298 e. The molecule has 0 heterocycles. The van der Waals surface area contributed by atoms with Gasteiger partial charge in [-0.25, -0.2) is 0 Å². The maximum absolute atomic E-state index is 4.11. The van der Waals surface area contributed by atoms with E-state index >= 15 is 0 Å². The summed E-state index contributed by atoms with van der Waals surface area (Å²) in [7, 11) is 0. The molecule has 0 atom stereocenters. The summed E-state index contributed by atoms with van der Waals surface area (Å²) in [6, 6.07) is 0.537. The van der Waals surface area contributed by atoms with E-state index in [9.17, 15) is 0 Å². The van der Waals surface area contributed by atoms with Gasteiger partial charge in [0.15, 0.2) is 0 Å². The molecule has 0 aliphatic carbocycles. The van der Waals surface area contributed by atoms with Gasteiger partial charge in [0.25, 0.3) is 0 Å². The highest BCUT2D eigenvalue weighted by atomic mass is 14.7. The fraction of sp³-hybridized carbons (Fsp3) is 0.900. The van der Waals surface area contributed by atoms with Crippen molar-refractivity contribution in [2.75, 3.05) is 0 Å². The molecule has 0 aromatic carbocycles. The predicted molar refractivity (Wildman–Crippen MR) is 52.4 cm³/mol. The van der Waals surface area contributed by atoms with Crippen LogP contribution in [0.4, 0.5) is 0 Å². The van der Waals surface area contributed by atoms with Gasteiger partial charge in [0.1, 0.15) is 0 Å². The molecule has 0 radical (unpaired) electrons. The van der Waals surface area contributed by atoms with Gasteiger partial charge in [0.05, 0.1) is 0 Å². The molecule has 1 heteroatoms. The van der Waals surface area contributed by atoms with Crippen LogP contribution < -0.4 is 0 Å². The second-order valence-corrected chi connectivity index (χ2v) is 3.12. The lowest BCUT2D eigenvalue weighted by atomic mass is 10.0. The molecule has 11 heavy (non-hydrogen) atoms. The molecular weight excluding hydrogens is 134 g/mol. The average Bonchev–Trinajstić information content (AvgIpc) is 2.05. The molecule has 0 aliphatic heterocycles. The van der Waals surface area contributed by atoms with Crippen molar-refractivity contribution in [1.82, 2.24) is 0 Å². The minimum Gasteiger partial charge on any atom is -0.298 e. The third kappa shape index (κ3) is 6.08. The van der Waals surface area contributed by atoms with Gasteiger partial charge in [0.2, 0.25) is 0 Å². The van der Waals surface area contributed by atoms with Gasteiger partial charge < -0.3 is 0 Å². The Kier molecular flexibility index (Phi) is 7.54. The van der Waals surface area contributed by atoms with Gasteiger partial charge in [-0.15, -0.1) is 0 Å². The first-order chi connectivity index (χ1) is 5.35. The van der Waals surface area contributed by atoms with Crippen molar-refractivity contribution in [3.05, 3.63) is 0 Å². The molecule has 0 aromatic rings. The number of hydrogen-bond donors (Lipinski definition) is 0. The van der Waals surface area contributed by atoms with E-state index in [4.69, 9.17) is 0 Å². The second kappa shape index (κ2) is 7.77. The first-order valence-corrected chi connectivity index (χ1v) is 4.81. The summed E-state index contributed by atoms with van der Waals surface area (Å²) in [6.07, 6.45) is 7.62. The van der Waals surface area contributed by atoms with Gasteiger partial charge in [-0.3, -0.25) is 4.99 Å². The van der Waals surface area contributed by atoms with Crippen molar-refractivity contribution in [3.8, 4) is 0 Å². The first-order valence-electron chi connectivity index (χ1n) is 4.81. The van der Waals surface area contributed by atoms with Crippen LogP contribution in [0, 0.1) is 0 Å². The fourth-order valence-corrected chi connectivity index (χ4v) is 1.21. The van der Waals surface area contributed by atoms with Gasteiger partial charge in [0, 0.05) is 6.04 Å². The molecule has 1 nitrogen and oxygen atoms in total. The molecule has 0 fully saturated rings. The maximum atomic E-state index is 4.11. The highest BCUT2D eigenvalue weighted by Gasteiger charge is 2.02. The molecule has 0 bridgehead atoms. The zero-order valence-electron chi connectivity index (χ0n) is 7.97. The molecule has 0 spiro atoms. The summed E-state index contributed by atoms with van der Waals surface area (Å²) >= 11 is 0. The highest BCUT2D eigenvalue weighted by Crippen LogP contribution is 2.11. The summed E-state index contributed by atoms with van der Waals surface area (Å²) in [6.45, 7) is 8.06. The Labute approximate surface area is 70.9 Å². The van der Waals surface area contributed by atoms with Crippen LogP contribution in [-0.4, -0.2) is 12.8 Å². The van der Waals surface area contributed by atoms with Crippen LogP contribution in [0.1, 0.15) is 52.4 Å². The summed E-state index contributed by atoms with van der Waals surface area (Å²) in [5.41, 5.74) is 0. The van der Waals surface area contributed by atoms with Crippen LogP contribution in [0.25, 0.3) is 0 Å². The third-order valence-corrected chi connectivity index (χ3v) is 2.04. The minimum absolute atomic E-state index is 0.537. The molecule has 0 aromatic heterocycles. The smallest absolute Gasteiger partial charge is 0.0492 e. The molecule has 0 rings (SSSR count).